The molecule has 0 aliphatic heterocycles. The van der Waals surface area contributed by atoms with Crippen LogP contribution in [0.25, 0.3) is 55.3 Å². The second-order valence-corrected chi connectivity index (χ2v) is 15.7. The molecule has 1 nitrogen and oxygen atoms in total. The van der Waals surface area contributed by atoms with Gasteiger partial charge < -0.3 is 4.90 Å². The number of anilines is 3. The summed E-state index contributed by atoms with van der Waals surface area (Å²) >= 11 is 0. The maximum atomic E-state index is 2.51. The zero-order valence-electron chi connectivity index (χ0n) is 30.7. The molecular weight excluding hydrogens is 639 g/mol. The predicted molar refractivity (Wildman–Crippen MR) is 225 cm³/mol. The molecule has 0 spiro atoms. The summed E-state index contributed by atoms with van der Waals surface area (Å²) in [6, 6.07) is 65.2. The molecule has 0 atom stereocenters. The number of rotatable bonds is 5. The van der Waals surface area contributed by atoms with Crippen molar-refractivity contribution in [1.29, 1.82) is 0 Å². The van der Waals surface area contributed by atoms with Crippen LogP contribution in [0.4, 0.5) is 17.1 Å². The number of benzene rings is 8. The third-order valence-electron chi connectivity index (χ3n) is 12.0. The van der Waals surface area contributed by atoms with E-state index in [0.717, 1.165) is 11.4 Å². The fourth-order valence-electron chi connectivity index (χ4n) is 9.44. The van der Waals surface area contributed by atoms with Crippen LogP contribution in [-0.4, -0.2) is 0 Å². The first-order valence-corrected chi connectivity index (χ1v) is 18.8. The number of fused-ring (bicyclic) bond motifs is 8. The average molecular weight is 680 g/mol. The van der Waals surface area contributed by atoms with E-state index in [1.165, 1.54) is 83.2 Å². The molecule has 2 aliphatic carbocycles. The molecule has 8 aromatic carbocycles. The first-order chi connectivity index (χ1) is 25.8. The van der Waals surface area contributed by atoms with Crippen molar-refractivity contribution in [2.45, 2.75) is 38.5 Å². The fraction of sp³-hybridized carbons (Fsp3) is 0.115. The number of para-hydroxylation sites is 1. The normalized spacial score (nSPS) is 14.3. The molecule has 0 saturated carbocycles. The lowest BCUT2D eigenvalue weighted by atomic mass is 9.80. The number of hydrogen-bond donors (Lipinski definition) is 0. The summed E-state index contributed by atoms with van der Waals surface area (Å²) in [5, 5.41) is 2.57. The standard InChI is InChI=1S/C52H41N/c1-51(2)44-23-13-10-21-41(44)42-31-28-36(32-46(42)51)34-26-29-38(30-27-34)53(47-25-15-12-19-39(47)35-16-6-5-7-17-35)48-33-37-18-8-9-20-40(37)50-49(48)43-22-11-14-24-45(43)52(50,3)4/h5-33H,1-4H3. The molecule has 0 aromatic heterocycles. The highest BCUT2D eigenvalue weighted by molar-refractivity contribution is 6.06. The van der Waals surface area contributed by atoms with Gasteiger partial charge in [-0.1, -0.05) is 173 Å². The van der Waals surface area contributed by atoms with Gasteiger partial charge in [0.1, 0.15) is 0 Å². The molecule has 1 heteroatoms. The lowest BCUT2D eigenvalue weighted by molar-refractivity contribution is 0.660. The molecular formula is C52H41N. The summed E-state index contributed by atoms with van der Waals surface area (Å²) in [5.74, 6) is 0. The molecule has 0 radical (unpaired) electrons. The van der Waals surface area contributed by atoms with Gasteiger partial charge >= 0.3 is 0 Å². The Morgan fingerprint density at radius 2 is 0.962 bits per heavy atom. The van der Waals surface area contributed by atoms with E-state index in [4.69, 9.17) is 0 Å². The van der Waals surface area contributed by atoms with E-state index in [-0.39, 0.29) is 10.8 Å². The van der Waals surface area contributed by atoms with Gasteiger partial charge in [-0.25, -0.2) is 0 Å². The van der Waals surface area contributed by atoms with Crippen LogP contribution in [0.5, 0.6) is 0 Å². The van der Waals surface area contributed by atoms with Crippen LogP contribution >= 0.6 is 0 Å². The second-order valence-electron chi connectivity index (χ2n) is 15.7. The Balaban J connectivity index is 1.19. The monoisotopic (exact) mass is 679 g/mol. The minimum atomic E-state index is -0.156. The third-order valence-corrected chi connectivity index (χ3v) is 12.0. The number of nitrogens with zero attached hydrogens (tertiary/aromatic N) is 1. The minimum Gasteiger partial charge on any atom is -0.309 e. The molecule has 0 saturated heterocycles. The van der Waals surface area contributed by atoms with Crippen molar-refractivity contribution < 1.29 is 0 Å². The molecule has 254 valence electrons. The van der Waals surface area contributed by atoms with E-state index < -0.39 is 0 Å². The van der Waals surface area contributed by atoms with Gasteiger partial charge in [-0.05, 0) is 96.7 Å². The molecule has 0 bridgehead atoms. The molecule has 0 unspecified atom stereocenters. The van der Waals surface area contributed by atoms with Crippen LogP contribution in [0.15, 0.2) is 176 Å². The summed E-state index contributed by atoms with van der Waals surface area (Å²) in [6.45, 7) is 9.49. The quantitative estimate of drug-likeness (QED) is 0.175. The Morgan fingerprint density at radius 1 is 0.377 bits per heavy atom. The molecule has 53 heavy (non-hydrogen) atoms. The van der Waals surface area contributed by atoms with E-state index in [1.807, 2.05) is 0 Å². The molecule has 0 amide bonds. The highest BCUT2D eigenvalue weighted by Crippen LogP contribution is 2.57. The predicted octanol–water partition coefficient (Wildman–Crippen LogP) is 14.3. The van der Waals surface area contributed by atoms with Crippen LogP contribution in [0, 0.1) is 0 Å². The summed E-state index contributed by atoms with van der Waals surface area (Å²) in [7, 11) is 0. The second kappa shape index (κ2) is 11.7. The van der Waals surface area contributed by atoms with Crippen LogP contribution in [0.3, 0.4) is 0 Å². The maximum absolute atomic E-state index is 2.51. The highest BCUT2D eigenvalue weighted by Gasteiger charge is 2.40. The molecule has 0 fully saturated rings. The van der Waals surface area contributed by atoms with E-state index in [2.05, 4.69) is 209 Å². The SMILES string of the molecule is CC1(C)c2ccccc2-c2ccc(-c3ccc(N(c4ccccc4-c4ccccc4)c4cc5ccccc5c5c4-c4ccccc4C5(C)C)cc3)cc21. The molecule has 0 N–H and O–H groups in total. The lowest BCUT2D eigenvalue weighted by Crippen LogP contribution is -2.17. The van der Waals surface area contributed by atoms with E-state index in [9.17, 15) is 0 Å². The van der Waals surface area contributed by atoms with Gasteiger partial charge in [0.15, 0.2) is 0 Å². The highest BCUT2D eigenvalue weighted by atomic mass is 15.1. The van der Waals surface area contributed by atoms with Gasteiger partial charge in [-0.3, -0.25) is 0 Å². The number of hydrogen-bond acceptors (Lipinski definition) is 1. The van der Waals surface area contributed by atoms with Crippen LogP contribution in [0.1, 0.15) is 49.9 Å². The van der Waals surface area contributed by atoms with Gasteiger partial charge in [-0.15, -0.1) is 0 Å². The van der Waals surface area contributed by atoms with Crippen molar-refractivity contribution in [3.05, 3.63) is 198 Å². The molecule has 10 rings (SSSR count). The van der Waals surface area contributed by atoms with Gasteiger partial charge in [-0.2, -0.15) is 0 Å². The van der Waals surface area contributed by atoms with Crippen molar-refractivity contribution >= 4 is 27.8 Å². The minimum absolute atomic E-state index is 0.0413. The fourth-order valence-corrected chi connectivity index (χ4v) is 9.44. The smallest absolute Gasteiger partial charge is 0.0549 e. The summed E-state index contributed by atoms with van der Waals surface area (Å²) in [4.78, 5) is 2.51. The van der Waals surface area contributed by atoms with Crippen molar-refractivity contribution in [3.8, 4) is 44.5 Å². The first-order valence-electron chi connectivity index (χ1n) is 18.8. The van der Waals surface area contributed by atoms with E-state index in [1.54, 1.807) is 0 Å². The van der Waals surface area contributed by atoms with E-state index >= 15 is 0 Å². The molecule has 2 aliphatic rings. The maximum Gasteiger partial charge on any atom is 0.0549 e. The van der Waals surface area contributed by atoms with Crippen LogP contribution in [-0.2, 0) is 10.8 Å². The lowest BCUT2D eigenvalue weighted by Gasteiger charge is -2.31. The van der Waals surface area contributed by atoms with Gasteiger partial charge in [0.05, 0.1) is 11.4 Å². The summed E-state index contributed by atoms with van der Waals surface area (Å²) in [5.41, 5.74) is 19.1. The summed E-state index contributed by atoms with van der Waals surface area (Å²) in [6.07, 6.45) is 0. The van der Waals surface area contributed by atoms with Crippen molar-refractivity contribution in [2.24, 2.45) is 0 Å². The van der Waals surface area contributed by atoms with Crippen molar-refractivity contribution in [2.75, 3.05) is 4.90 Å². The zero-order valence-corrected chi connectivity index (χ0v) is 30.7. The Labute approximate surface area is 312 Å². The van der Waals surface area contributed by atoms with Crippen LogP contribution < -0.4 is 4.90 Å². The Hall–Kier alpha value is -6.18. The third kappa shape index (κ3) is 4.70. The largest absolute Gasteiger partial charge is 0.309 e. The van der Waals surface area contributed by atoms with Gasteiger partial charge in [0.25, 0.3) is 0 Å². The molecule has 0 heterocycles. The first kappa shape index (κ1) is 31.5. The Morgan fingerprint density at radius 3 is 1.74 bits per heavy atom. The Kier molecular flexibility index (Phi) is 6.94. The van der Waals surface area contributed by atoms with Gasteiger partial charge in [0.2, 0.25) is 0 Å². The van der Waals surface area contributed by atoms with Crippen molar-refractivity contribution in [1.82, 2.24) is 0 Å². The van der Waals surface area contributed by atoms with Gasteiger partial charge in [0, 0.05) is 27.6 Å². The topological polar surface area (TPSA) is 3.24 Å². The zero-order chi connectivity index (χ0) is 35.9. The average Bonchev–Trinajstić information content (AvgIpc) is 3.59. The van der Waals surface area contributed by atoms with E-state index in [0.29, 0.717) is 0 Å². The van der Waals surface area contributed by atoms with Crippen molar-refractivity contribution in [3.63, 3.8) is 0 Å². The van der Waals surface area contributed by atoms with Crippen LogP contribution in [0.2, 0.25) is 0 Å². The molecule has 8 aromatic rings. The Bertz CT molecular complexity index is 2710. The summed E-state index contributed by atoms with van der Waals surface area (Å²) < 4.78 is 0.